The minimum Gasteiger partial charge on any atom is -0.491 e. The predicted octanol–water partition coefficient (Wildman–Crippen LogP) is 3.48. The monoisotopic (exact) mass is 567 g/mol. The summed E-state index contributed by atoms with van der Waals surface area (Å²) in [6.07, 6.45) is -1.44. The summed E-state index contributed by atoms with van der Waals surface area (Å²) in [4.78, 5) is 18.8. The molecule has 1 amide bonds. The zero-order valence-corrected chi connectivity index (χ0v) is 19.7. The molecule has 4 rings (SSSR count). The minimum absolute atomic E-state index is 0.0408. The van der Waals surface area contributed by atoms with Gasteiger partial charge in [-0.3, -0.25) is 9.69 Å². The van der Waals surface area contributed by atoms with Gasteiger partial charge in [-0.1, -0.05) is 6.07 Å². The van der Waals surface area contributed by atoms with Crippen LogP contribution in [0.3, 0.4) is 0 Å². The Hall–Kier alpha value is -1.60. The van der Waals surface area contributed by atoms with Crippen molar-refractivity contribution in [3.8, 4) is 5.75 Å². The summed E-state index contributed by atoms with van der Waals surface area (Å²) in [6, 6.07) is 5.41. The van der Waals surface area contributed by atoms with Crippen molar-refractivity contribution in [2.24, 2.45) is 16.1 Å². The molecule has 1 aliphatic heterocycles. The van der Waals surface area contributed by atoms with Gasteiger partial charge in [0, 0.05) is 12.5 Å². The van der Waals surface area contributed by atoms with Crippen LogP contribution in [0.4, 0.5) is 13.2 Å². The molecule has 1 aromatic carbocycles. The van der Waals surface area contributed by atoms with E-state index in [4.69, 9.17) is 18.3 Å². The molecule has 7 nitrogen and oxygen atoms in total. The van der Waals surface area contributed by atoms with Crippen molar-refractivity contribution in [2.75, 3.05) is 26.9 Å². The van der Waals surface area contributed by atoms with Gasteiger partial charge in [-0.2, -0.15) is 13.2 Å². The third-order valence-electron chi connectivity index (χ3n) is 6.79. The molecule has 2 N–H and O–H groups in total. The average Bonchev–Trinajstić information content (AvgIpc) is 3.15. The number of nitrogens with zero attached hydrogens (tertiary/aromatic N) is 2. The molecule has 1 atom stereocenters. The fourth-order valence-corrected chi connectivity index (χ4v) is 5.87. The molecule has 2 aliphatic carbocycles. The largest absolute Gasteiger partial charge is 0.491 e. The first kappa shape index (κ1) is 23.6. The first-order chi connectivity index (χ1) is 15.2. The maximum atomic E-state index is 13.7. The van der Waals surface area contributed by atoms with Crippen LogP contribution in [-0.4, -0.2) is 55.9 Å². The number of rotatable bonds is 6. The minimum atomic E-state index is -4.59. The molecule has 1 heterocycles. The first-order valence-electron chi connectivity index (χ1n) is 10.4. The summed E-state index contributed by atoms with van der Waals surface area (Å²) in [7, 11) is 1.56. The normalized spacial score (nSPS) is 29.7. The summed E-state index contributed by atoms with van der Waals surface area (Å²) >= 11 is 1.87. The van der Waals surface area contributed by atoms with Gasteiger partial charge in [0.15, 0.2) is 11.5 Å². The molecule has 0 bridgehead atoms. The number of carbonyl (C=O) groups excluding carboxylic acids is 1. The highest BCUT2D eigenvalue weighted by Gasteiger charge is 2.67. The molecule has 1 saturated carbocycles. The second-order valence-electron chi connectivity index (χ2n) is 8.59. The number of benzene rings is 1. The van der Waals surface area contributed by atoms with Crippen molar-refractivity contribution in [3.63, 3.8) is 0 Å². The molecule has 32 heavy (non-hydrogen) atoms. The number of guanidine groups is 1. The van der Waals surface area contributed by atoms with E-state index in [1.807, 2.05) is 29.1 Å². The number of alkyl halides is 3. The Morgan fingerprint density at radius 3 is 2.62 bits per heavy atom. The van der Waals surface area contributed by atoms with Gasteiger partial charge in [0.2, 0.25) is 0 Å². The van der Waals surface area contributed by atoms with Crippen LogP contribution in [0, 0.1) is 5.41 Å². The summed E-state index contributed by atoms with van der Waals surface area (Å²) in [6.45, 7) is -0.771. The number of methoxy groups -OCH3 is 1. The zero-order chi connectivity index (χ0) is 23.1. The zero-order valence-electron chi connectivity index (χ0n) is 17.6. The van der Waals surface area contributed by atoms with E-state index in [1.54, 1.807) is 19.2 Å². The van der Waals surface area contributed by atoms with Gasteiger partial charge in [-0.15, -0.1) is 0 Å². The number of hydrogen-bond acceptors (Lipinski definition) is 6. The van der Waals surface area contributed by atoms with Crippen LogP contribution in [-0.2, 0) is 24.6 Å². The maximum Gasteiger partial charge on any atom is 0.406 e. The number of nitrogens with two attached hydrogens (primary N) is 1. The molecule has 176 valence electrons. The van der Waals surface area contributed by atoms with Crippen molar-refractivity contribution >= 4 is 34.9 Å². The van der Waals surface area contributed by atoms with E-state index in [0.717, 1.165) is 5.56 Å². The Morgan fingerprint density at radius 2 is 2.00 bits per heavy atom. The van der Waals surface area contributed by atoms with E-state index >= 15 is 0 Å². The number of carbonyl (C=O) groups is 1. The van der Waals surface area contributed by atoms with E-state index < -0.39 is 35.5 Å². The van der Waals surface area contributed by atoms with E-state index in [0.29, 0.717) is 61.5 Å². The highest BCUT2D eigenvalue weighted by molar-refractivity contribution is 14.1. The van der Waals surface area contributed by atoms with E-state index in [-0.39, 0.29) is 6.10 Å². The third kappa shape index (κ3) is 3.85. The van der Waals surface area contributed by atoms with Crippen LogP contribution in [0.5, 0.6) is 5.75 Å². The van der Waals surface area contributed by atoms with Gasteiger partial charge >= 0.3 is 6.18 Å². The summed E-state index contributed by atoms with van der Waals surface area (Å²) in [5.41, 5.74) is 5.27. The average molecular weight is 567 g/mol. The van der Waals surface area contributed by atoms with Gasteiger partial charge in [0.1, 0.15) is 41.9 Å². The molecular formula is C21H25F3IN3O4. The molecule has 0 aromatic heterocycles. The van der Waals surface area contributed by atoms with Crippen LogP contribution in [0.25, 0.3) is 0 Å². The molecular weight excluding hydrogens is 542 g/mol. The Morgan fingerprint density at radius 1 is 1.28 bits per heavy atom. The fourth-order valence-electron chi connectivity index (χ4n) is 5.36. The van der Waals surface area contributed by atoms with Crippen molar-refractivity contribution < 1.29 is 30.5 Å². The van der Waals surface area contributed by atoms with E-state index in [1.165, 1.54) is 0 Å². The number of fused-ring (bicyclic) bond motifs is 3. The standard InChI is InChI=1S/C21H25F3IN3O4/c1-30-8-9-31-15-3-2-13-11-19(6-4-14(32-25)5-7-19)21(16(13)10-15)17(29)28(18(26)27-21)12-20(22,23)24/h2-3,10,14H,4-9,11-12H2,1H3,(H2,26,27). The molecule has 3 aliphatic rings. The second-order valence-corrected chi connectivity index (χ2v) is 9.10. The van der Waals surface area contributed by atoms with Crippen LogP contribution in [0.1, 0.15) is 36.8 Å². The second kappa shape index (κ2) is 8.64. The lowest BCUT2D eigenvalue weighted by Gasteiger charge is -2.45. The van der Waals surface area contributed by atoms with Gasteiger partial charge in [0.05, 0.1) is 12.7 Å². The quantitative estimate of drug-likeness (QED) is 0.421. The SMILES string of the molecule is COCCOc1ccc2c(c1)C1(N=C(N)N(CC(F)(F)F)C1=O)C1(CCC(OI)CC1)C2. The van der Waals surface area contributed by atoms with Gasteiger partial charge in [-0.25, -0.2) is 4.99 Å². The number of aliphatic imine (C=N–C) groups is 1. The maximum absolute atomic E-state index is 13.7. The smallest absolute Gasteiger partial charge is 0.406 e. The molecule has 1 unspecified atom stereocenters. The summed E-state index contributed by atoms with van der Waals surface area (Å²) < 4.78 is 55.9. The number of ether oxygens (including phenoxy) is 2. The lowest BCUT2D eigenvalue weighted by Crippen LogP contribution is -2.53. The molecule has 1 aromatic rings. The van der Waals surface area contributed by atoms with Gasteiger partial charge < -0.3 is 18.3 Å². The summed E-state index contributed by atoms with van der Waals surface area (Å²) in [5.74, 6) is -0.594. The van der Waals surface area contributed by atoms with E-state index in [2.05, 4.69) is 4.99 Å². The lowest BCUT2D eigenvalue weighted by molar-refractivity contribution is -0.158. The number of amides is 1. The molecule has 0 radical (unpaired) electrons. The Kier molecular flexibility index (Phi) is 6.36. The number of halogens is 4. The van der Waals surface area contributed by atoms with Crippen LogP contribution in [0.15, 0.2) is 23.2 Å². The third-order valence-corrected chi connectivity index (χ3v) is 7.51. The summed E-state index contributed by atoms with van der Waals surface area (Å²) in [5, 5.41) is 0. The Bertz CT molecular complexity index is 918. The number of hydrogen-bond donors (Lipinski definition) is 1. The fraction of sp³-hybridized carbons (Fsp3) is 0.619. The molecule has 2 spiro atoms. The first-order valence-corrected chi connectivity index (χ1v) is 11.3. The predicted molar refractivity (Wildman–Crippen MR) is 118 cm³/mol. The van der Waals surface area contributed by atoms with Gasteiger partial charge in [0.25, 0.3) is 5.91 Å². The van der Waals surface area contributed by atoms with Crippen molar-refractivity contribution in [1.82, 2.24) is 4.90 Å². The van der Waals surface area contributed by atoms with Crippen LogP contribution < -0.4 is 10.5 Å². The Balaban J connectivity index is 1.78. The lowest BCUT2D eigenvalue weighted by atomic mass is 9.61. The van der Waals surface area contributed by atoms with Crippen LogP contribution in [0.2, 0.25) is 0 Å². The topological polar surface area (TPSA) is 86.4 Å². The van der Waals surface area contributed by atoms with Crippen LogP contribution >= 0.6 is 23.0 Å². The highest BCUT2D eigenvalue weighted by Crippen LogP contribution is 2.62. The highest BCUT2D eigenvalue weighted by atomic mass is 127. The molecule has 0 saturated heterocycles. The van der Waals surface area contributed by atoms with Gasteiger partial charge in [-0.05, 0) is 55.4 Å². The molecule has 11 heteroatoms. The van der Waals surface area contributed by atoms with Crippen molar-refractivity contribution in [2.45, 2.75) is 49.9 Å². The Labute approximate surface area is 198 Å². The van der Waals surface area contributed by atoms with E-state index in [9.17, 15) is 18.0 Å². The van der Waals surface area contributed by atoms with Crippen molar-refractivity contribution in [3.05, 3.63) is 29.3 Å². The molecule has 1 fully saturated rings. The van der Waals surface area contributed by atoms with Crippen molar-refractivity contribution in [1.29, 1.82) is 0 Å².